The Hall–Kier alpha value is -1.48. The van der Waals surface area contributed by atoms with Crippen LogP contribution in [0.3, 0.4) is 0 Å². The third-order valence-corrected chi connectivity index (χ3v) is 4.23. The van der Waals surface area contributed by atoms with E-state index in [-0.39, 0.29) is 5.41 Å². The molecule has 116 valence electrons. The first-order valence-corrected chi connectivity index (χ1v) is 7.72. The summed E-state index contributed by atoms with van der Waals surface area (Å²) in [4.78, 5) is 0. The zero-order valence-corrected chi connectivity index (χ0v) is 14.2. The second kappa shape index (κ2) is 6.10. The van der Waals surface area contributed by atoms with Gasteiger partial charge in [-0.3, -0.25) is 0 Å². The summed E-state index contributed by atoms with van der Waals surface area (Å²) < 4.78 is 7.79. The van der Waals surface area contributed by atoms with Crippen LogP contribution in [-0.2, 0) is 12.5 Å². The second-order valence-electron chi connectivity index (χ2n) is 6.75. The highest BCUT2D eigenvalue weighted by Gasteiger charge is 2.26. The molecule has 0 aliphatic rings. The number of benzene rings is 1. The molecule has 0 fully saturated rings. The maximum atomic E-state index is 5.59. The van der Waals surface area contributed by atoms with Gasteiger partial charge in [0.15, 0.2) is 0 Å². The summed E-state index contributed by atoms with van der Waals surface area (Å²) >= 11 is 0. The molecule has 3 heteroatoms. The summed E-state index contributed by atoms with van der Waals surface area (Å²) in [6.45, 7) is 10.0. The Morgan fingerprint density at radius 1 is 1.29 bits per heavy atom. The van der Waals surface area contributed by atoms with Gasteiger partial charge < -0.3 is 14.6 Å². The summed E-state index contributed by atoms with van der Waals surface area (Å²) in [6.07, 6.45) is 3.35. The molecule has 2 rings (SSSR count). The monoisotopic (exact) mass is 288 g/mol. The second-order valence-corrected chi connectivity index (χ2v) is 6.75. The Labute approximate surface area is 128 Å². The van der Waals surface area contributed by atoms with Crippen LogP contribution in [0.2, 0.25) is 0 Å². The van der Waals surface area contributed by atoms with Gasteiger partial charge in [0.1, 0.15) is 5.75 Å². The average Bonchev–Trinajstić information content (AvgIpc) is 2.76. The highest BCUT2D eigenvalue weighted by molar-refractivity contribution is 5.90. The quantitative estimate of drug-likeness (QED) is 0.873. The SMILES string of the molecule is COc1cccc2c1c(C(C)(C)CCNC(C)C)cn2C. The Balaban J connectivity index is 2.40. The van der Waals surface area contributed by atoms with Crippen LogP contribution in [0.1, 0.15) is 39.7 Å². The van der Waals surface area contributed by atoms with Crippen LogP contribution in [0.5, 0.6) is 5.75 Å². The molecule has 1 N–H and O–H groups in total. The molecular weight excluding hydrogens is 260 g/mol. The lowest BCUT2D eigenvalue weighted by atomic mass is 9.81. The van der Waals surface area contributed by atoms with E-state index in [1.165, 1.54) is 16.5 Å². The van der Waals surface area contributed by atoms with Crippen molar-refractivity contribution in [1.82, 2.24) is 9.88 Å². The number of aromatic nitrogens is 1. The van der Waals surface area contributed by atoms with Crippen molar-refractivity contribution in [2.45, 2.75) is 45.6 Å². The van der Waals surface area contributed by atoms with Gasteiger partial charge in [-0.1, -0.05) is 33.8 Å². The molecule has 0 spiro atoms. The first-order chi connectivity index (χ1) is 9.86. The number of nitrogens with one attached hydrogen (secondary N) is 1. The Morgan fingerprint density at radius 3 is 2.62 bits per heavy atom. The van der Waals surface area contributed by atoms with Gasteiger partial charge >= 0.3 is 0 Å². The van der Waals surface area contributed by atoms with E-state index in [0.717, 1.165) is 18.7 Å². The number of hydrogen-bond acceptors (Lipinski definition) is 2. The van der Waals surface area contributed by atoms with Crippen molar-refractivity contribution in [1.29, 1.82) is 0 Å². The van der Waals surface area contributed by atoms with Crippen molar-refractivity contribution in [3.8, 4) is 5.75 Å². The summed E-state index contributed by atoms with van der Waals surface area (Å²) in [5, 5.41) is 4.76. The maximum Gasteiger partial charge on any atom is 0.128 e. The number of rotatable bonds is 6. The van der Waals surface area contributed by atoms with Crippen LogP contribution >= 0.6 is 0 Å². The molecule has 21 heavy (non-hydrogen) atoms. The van der Waals surface area contributed by atoms with E-state index >= 15 is 0 Å². The maximum absolute atomic E-state index is 5.59. The molecule has 0 bridgehead atoms. The number of hydrogen-bond donors (Lipinski definition) is 1. The highest BCUT2D eigenvalue weighted by atomic mass is 16.5. The molecule has 0 unspecified atom stereocenters. The van der Waals surface area contributed by atoms with Gasteiger partial charge in [-0.15, -0.1) is 0 Å². The van der Waals surface area contributed by atoms with Gasteiger partial charge in [-0.2, -0.15) is 0 Å². The third kappa shape index (κ3) is 3.24. The fourth-order valence-electron chi connectivity index (χ4n) is 2.90. The van der Waals surface area contributed by atoms with E-state index in [0.29, 0.717) is 6.04 Å². The van der Waals surface area contributed by atoms with Crippen LogP contribution in [0.15, 0.2) is 24.4 Å². The van der Waals surface area contributed by atoms with Crippen LogP contribution in [0, 0.1) is 0 Å². The molecule has 2 aromatic rings. The van der Waals surface area contributed by atoms with E-state index in [4.69, 9.17) is 4.74 Å². The fraction of sp³-hybridized carbons (Fsp3) is 0.556. The molecule has 0 aliphatic heterocycles. The Morgan fingerprint density at radius 2 is 2.00 bits per heavy atom. The lowest BCUT2D eigenvalue weighted by Gasteiger charge is -2.25. The molecule has 0 amide bonds. The molecule has 1 aromatic carbocycles. The fourth-order valence-corrected chi connectivity index (χ4v) is 2.90. The molecule has 3 nitrogen and oxygen atoms in total. The van der Waals surface area contributed by atoms with Gasteiger partial charge in [0.2, 0.25) is 0 Å². The first kappa shape index (κ1) is 15.9. The standard InChI is InChI=1S/C18H28N2O/c1-13(2)19-11-10-18(3,4)14-12-20(5)15-8-7-9-16(21-6)17(14)15/h7-9,12-13,19H,10-11H2,1-6H3. The smallest absolute Gasteiger partial charge is 0.128 e. The molecule has 0 aliphatic carbocycles. The zero-order valence-electron chi connectivity index (χ0n) is 14.2. The molecule has 0 atom stereocenters. The van der Waals surface area contributed by atoms with E-state index in [1.54, 1.807) is 7.11 Å². The third-order valence-electron chi connectivity index (χ3n) is 4.23. The van der Waals surface area contributed by atoms with Crippen molar-refractivity contribution in [2.75, 3.05) is 13.7 Å². The van der Waals surface area contributed by atoms with Gasteiger partial charge in [-0.05, 0) is 36.1 Å². The van der Waals surface area contributed by atoms with E-state index in [9.17, 15) is 0 Å². The summed E-state index contributed by atoms with van der Waals surface area (Å²) in [5.41, 5.74) is 2.70. The van der Waals surface area contributed by atoms with Crippen LogP contribution in [0.25, 0.3) is 10.9 Å². The van der Waals surface area contributed by atoms with Crippen molar-refractivity contribution in [3.63, 3.8) is 0 Å². The van der Waals surface area contributed by atoms with E-state index < -0.39 is 0 Å². The number of ether oxygens (including phenoxy) is 1. The number of fused-ring (bicyclic) bond motifs is 1. The molecular formula is C18H28N2O. The largest absolute Gasteiger partial charge is 0.496 e. The van der Waals surface area contributed by atoms with Crippen molar-refractivity contribution in [3.05, 3.63) is 30.0 Å². The minimum absolute atomic E-state index is 0.107. The van der Waals surface area contributed by atoms with Gasteiger partial charge in [0.25, 0.3) is 0 Å². The Kier molecular flexibility index (Phi) is 4.62. The van der Waals surface area contributed by atoms with Gasteiger partial charge in [-0.25, -0.2) is 0 Å². The normalized spacial score (nSPS) is 12.3. The van der Waals surface area contributed by atoms with Crippen LogP contribution < -0.4 is 10.1 Å². The predicted octanol–water partition coefficient (Wildman–Crippen LogP) is 3.85. The van der Waals surface area contributed by atoms with Crippen LogP contribution in [-0.4, -0.2) is 24.3 Å². The van der Waals surface area contributed by atoms with E-state index in [1.807, 2.05) is 6.07 Å². The van der Waals surface area contributed by atoms with Gasteiger partial charge in [0.05, 0.1) is 12.6 Å². The minimum Gasteiger partial charge on any atom is -0.496 e. The molecule has 0 saturated carbocycles. The lowest BCUT2D eigenvalue weighted by molar-refractivity contribution is 0.416. The molecule has 1 heterocycles. The number of nitrogens with zero attached hydrogens (tertiary/aromatic N) is 1. The molecule has 1 aromatic heterocycles. The lowest BCUT2D eigenvalue weighted by Crippen LogP contribution is -2.29. The number of aryl methyl sites for hydroxylation is 1. The highest BCUT2D eigenvalue weighted by Crippen LogP contribution is 2.38. The van der Waals surface area contributed by atoms with Crippen LogP contribution in [0.4, 0.5) is 0 Å². The topological polar surface area (TPSA) is 26.2 Å². The molecule has 0 radical (unpaired) electrons. The van der Waals surface area contributed by atoms with Crippen molar-refractivity contribution >= 4 is 10.9 Å². The predicted molar refractivity (Wildman–Crippen MR) is 90.3 cm³/mol. The summed E-state index contributed by atoms with van der Waals surface area (Å²) in [6, 6.07) is 6.79. The average molecular weight is 288 g/mol. The Bertz CT molecular complexity index is 611. The summed E-state index contributed by atoms with van der Waals surface area (Å²) in [5.74, 6) is 0.966. The first-order valence-electron chi connectivity index (χ1n) is 7.72. The van der Waals surface area contributed by atoms with Gasteiger partial charge in [0, 0.05) is 24.7 Å². The molecule has 0 saturated heterocycles. The zero-order chi connectivity index (χ0) is 15.6. The van der Waals surface area contributed by atoms with Crippen molar-refractivity contribution in [2.24, 2.45) is 7.05 Å². The van der Waals surface area contributed by atoms with Crippen molar-refractivity contribution < 1.29 is 4.74 Å². The number of methoxy groups -OCH3 is 1. The minimum atomic E-state index is 0.107. The van der Waals surface area contributed by atoms with E-state index in [2.05, 4.69) is 63.0 Å². The summed E-state index contributed by atoms with van der Waals surface area (Å²) in [7, 11) is 3.85.